The molecule has 0 aliphatic rings. The van der Waals surface area contributed by atoms with Crippen LogP contribution in [0.4, 0.5) is 0 Å². The zero-order chi connectivity index (χ0) is 11.8. The van der Waals surface area contributed by atoms with E-state index in [1.807, 2.05) is 24.0 Å². The molecule has 16 heavy (non-hydrogen) atoms. The summed E-state index contributed by atoms with van der Waals surface area (Å²) in [5, 5.41) is 3.27. The van der Waals surface area contributed by atoms with Crippen molar-refractivity contribution in [2.45, 2.75) is 33.1 Å². The van der Waals surface area contributed by atoms with Gasteiger partial charge in [0.15, 0.2) is 0 Å². The molecular formula is C12H21N3S. The Kier molecular flexibility index (Phi) is 6.42. The second-order valence-electron chi connectivity index (χ2n) is 4.15. The molecule has 0 saturated carbocycles. The third-order valence-electron chi connectivity index (χ3n) is 2.00. The maximum atomic E-state index is 4.51. The van der Waals surface area contributed by atoms with Gasteiger partial charge in [-0.2, -0.15) is 11.8 Å². The Morgan fingerprint density at radius 3 is 2.94 bits per heavy atom. The van der Waals surface area contributed by atoms with Gasteiger partial charge in [0.05, 0.1) is 11.4 Å². The third-order valence-corrected chi connectivity index (χ3v) is 3.37. The van der Waals surface area contributed by atoms with Gasteiger partial charge in [0.25, 0.3) is 0 Å². The maximum Gasteiger partial charge on any atom is 0.138 e. The number of hydrogen-bond acceptors (Lipinski definition) is 4. The lowest BCUT2D eigenvalue weighted by Crippen LogP contribution is -2.13. The molecule has 0 radical (unpaired) electrons. The van der Waals surface area contributed by atoms with Crippen LogP contribution in [0.25, 0.3) is 0 Å². The van der Waals surface area contributed by atoms with Gasteiger partial charge in [0.1, 0.15) is 5.82 Å². The molecule has 0 amide bonds. The molecule has 0 aliphatic heterocycles. The van der Waals surface area contributed by atoms with Crippen LogP contribution in [-0.4, -0.2) is 22.3 Å². The number of aromatic nitrogens is 2. The fourth-order valence-corrected chi connectivity index (χ4v) is 2.16. The van der Waals surface area contributed by atoms with Gasteiger partial charge in [-0.15, -0.1) is 0 Å². The standard InChI is InChI=1S/C12H21N3S/c1-4-13-7-11-5-6-14-12(15-11)9-16-8-10(2)3/h5-6,10,13H,4,7-9H2,1-3H3. The van der Waals surface area contributed by atoms with Crippen molar-refractivity contribution in [3.05, 3.63) is 23.8 Å². The average molecular weight is 239 g/mol. The summed E-state index contributed by atoms with van der Waals surface area (Å²) in [4.78, 5) is 8.80. The van der Waals surface area contributed by atoms with E-state index in [4.69, 9.17) is 0 Å². The molecule has 1 rings (SSSR count). The monoisotopic (exact) mass is 239 g/mol. The molecule has 1 heterocycles. The van der Waals surface area contributed by atoms with Crippen molar-refractivity contribution in [1.82, 2.24) is 15.3 Å². The molecule has 1 aromatic heterocycles. The van der Waals surface area contributed by atoms with E-state index < -0.39 is 0 Å². The van der Waals surface area contributed by atoms with Crippen molar-refractivity contribution in [3.8, 4) is 0 Å². The Labute approximate surface area is 102 Å². The Morgan fingerprint density at radius 1 is 1.44 bits per heavy atom. The lowest BCUT2D eigenvalue weighted by Gasteiger charge is -2.05. The molecule has 1 aromatic rings. The lowest BCUT2D eigenvalue weighted by atomic mass is 10.3. The predicted octanol–water partition coefficient (Wildman–Crippen LogP) is 2.48. The van der Waals surface area contributed by atoms with E-state index in [0.717, 1.165) is 36.3 Å². The highest BCUT2D eigenvalue weighted by Gasteiger charge is 2.00. The molecule has 0 fully saturated rings. The fraction of sp³-hybridized carbons (Fsp3) is 0.667. The Hall–Kier alpha value is -0.610. The second kappa shape index (κ2) is 7.63. The molecule has 0 bridgehead atoms. The van der Waals surface area contributed by atoms with Crippen molar-refractivity contribution in [3.63, 3.8) is 0 Å². The SMILES string of the molecule is CCNCc1ccnc(CSCC(C)C)n1. The highest BCUT2D eigenvalue weighted by Crippen LogP contribution is 2.12. The van der Waals surface area contributed by atoms with E-state index in [0.29, 0.717) is 0 Å². The Balaban J connectivity index is 2.40. The largest absolute Gasteiger partial charge is 0.311 e. The molecule has 4 heteroatoms. The smallest absolute Gasteiger partial charge is 0.138 e. The first-order chi connectivity index (χ1) is 7.72. The fourth-order valence-electron chi connectivity index (χ4n) is 1.25. The summed E-state index contributed by atoms with van der Waals surface area (Å²) in [5.74, 6) is 3.76. The topological polar surface area (TPSA) is 37.8 Å². The van der Waals surface area contributed by atoms with Crippen molar-refractivity contribution >= 4 is 11.8 Å². The van der Waals surface area contributed by atoms with Gasteiger partial charge in [-0.05, 0) is 24.3 Å². The molecule has 0 spiro atoms. The summed E-state index contributed by atoms with van der Waals surface area (Å²) in [6.07, 6.45) is 1.85. The molecule has 3 nitrogen and oxygen atoms in total. The zero-order valence-electron chi connectivity index (χ0n) is 10.4. The number of hydrogen-bond donors (Lipinski definition) is 1. The molecule has 0 atom stereocenters. The molecule has 0 aromatic carbocycles. The molecule has 0 unspecified atom stereocenters. The van der Waals surface area contributed by atoms with Gasteiger partial charge < -0.3 is 5.32 Å². The number of nitrogens with one attached hydrogen (secondary N) is 1. The maximum absolute atomic E-state index is 4.51. The van der Waals surface area contributed by atoms with Crippen LogP contribution in [-0.2, 0) is 12.3 Å². The van der Waals surface area contributed by atoms with E-state index in [2.05, 4.69) is 36.1 Å². The lowest BCUT2D eigenvalue weighted by molar-refractivity contribution is 0.704. The van der Waals surface area contributed by atoms with E-state index in [9.17, 15) is 0 Å². The minimum atomic E-state index is 0.731. The van der Waals surface area contributed by atoms with Crippen LogP contribution in [0.15, 0.2) is 12.3 Å². The van der Waals surface area contributed by atoms with E-state index in [-0.39, 0.29) is 0 Å². The van der Waals surface area contributed by atoms with Gasteiger partial charge in [-0.3, -0.25) is 0 Å². The molecule has 0 saturated heterocycles. The minimum Gasteiger partial charge on any atom is -0.311 e. The van der Waals surface area contributed by atoms with Crippen LogP contribution in [0.1, 0.15) is 32.3 Å². The van der Waals surface area contributed by atoms with Crippen LogP contribution in [0.3, 0.4) is 0 Å². The number of nitrogens with zero attached hydrogens (tertiary/aromatic N) is 2. The molecule has 90 valence electrons. The summed E-state index contributed by atoms with van der Waals surface area (Å²) in [6, 6.07) is 1.97. The first-order valence-electron chi connectivity index (χ1n) is 5.81. The molecule has 0 aliphatic carbocycles. The first kappa shape index (κ1) is 13.5. The van der Waals surface area contributed by atoms with Crippen molar-refractivity contribution in [2.24, 2.45) is 5.92 Å². The summed E-state index contributed by atoms with van der Waals surface area (Å²) in [6.45, 7) is 8.37. The number of thioether (sulfide) groups is 1. The van der Waals surface area contributed by atoms with Gasteiger partial charge in [0, 0.05) is 12.7 Å². The van der Waals surface area contributed by atoms with Crippen LogP contribution in [0.5, 0.6) is 0 Å². The molecule has 1 N–H and O–H groups in total. The quantitative estimate of drug-likeness (QED) is 0.793. The summed E-state index contributed by atoms with van der Waals surface area (Å²) in [7, 11) is 0. The van der Waals surface area contributed by atoms with Crippen LogP contribution >= 0.6 is 11.8 Å². The van der Waals surface area contributed by atoms with Gasteiger partial charge in [0.2, 0.25) is 0 Å². The predicted molar refractivity (Wildman–Crippen MR) is 70.4 cm³/mol. The van der Waals surface area contributed by atoms with Gasteiger partial charge >= 0.3 is 0 Å². The van der Waals surface area contributed by atoms with Crippen molar-refractivity contribution in [2.75, 3.05) is 12.3 Å². The second-order valence-corrected chi connectivity index (χ2v) is 5.18. The normalized spacial score (nSPS) is 11.0. The minimum absolute atomic E-state index is 0.731. The first-order valence-corrected chi connectivity index (χ1v) is 6.97. The summed E-state index contributed by atoms with van der Waals surface area (Å²) < 4.78 is 0. The average Bonchev–Trinajstić information content (AvgIpc) is 2.26. The van der Waals surface area contributed by atoms with Crippen LogP contribution in [0.2, 0.25) is 0 Å². The summed E-state index contributed by atoms with van der Waals surface area (Å²) in [5.41, 5.74) is 1.08. The highest BCUT2D eigenvalue weighted by molar-refractivity contribution is 7.98. The van der Waals surface area contributed by atoms with Gasteiger partial charge in [-0.1, -0.05) is 20.8 Å². The highest BCUT2D eigenvalue weighted by atomic mass is 32.2. The van der Waals surface area contributed by atoms with E-state index >= 15 is 0 Å². The van der Waals surface area contributed by atoms with Crippen molar-refractivity contribution in [1.29, 1.82) is 0 Å². The zero-order valence-corrected chi connectivity index (χ0v) is 11.2. The Bertz CT molecular complexity index is 302. The van der Waals surface area contributed by atoms with Gasteiger partial charge in [-0.25, -0.2) is 9.97 Å². The van der Waals surface area contributed by atoms with Crippen LogP contribution < -0.4 is 5.32 Å². The van der Waals surface area contributed by atoms with Crippen LogP contribution in [0, 0.1) is 5.92 Å². The van der Waals surface area contributed by atoms with E-state index in [1.54, 1.807) is 0 Å². The van der Waals surface area contributed by atoms with Crippen molar-refractivity contribution < 1.29 is 0 Å². The Morgan fingerprint density at radius 2 is 2.25 bits per heavy atom. The number of rotatable bonds is 7. The third kappa shape index (κ3) is 5.47. The molecular weight excluding hydrogens is 218 g/mol. The van der Waals surface area contributed by atoms with E-state index in [1.165, 1.54) is 5.75 Å². The summed E-state index contributed by atoms with van der Waals surface area (Å²) >= 11 is 1.90.